The molecule has 2 saturated heterocycles. The molecule has 1 amide bonds. The van der Waals surface area contributed by atoms with Gasteiger partial charge in [-0.1, -0.05) is 26.0 Å². The third-order valence-corrected chi connectivity index (χ3v) is 8.57. The van der Waals surface area contributed by atoms with E-state index in [1.807, 2.05) is 17.0 Å². The normalized spacial score (nSPS) is 23.1. The number of benzene rings is 1. The van der Waals surface area contributed by atoms with Crippen LogP contribution in [-0.2, 0) is 14.8 Å². The number of piperazine rings is 1. The quantitative estimate of drug-likeness (QED) is 0.756. The minimum atomic E-state index is -3.47. The van der Waals surface area contributed by atoms with Gasteiger partial charge in [0.25, 0.3) is 5.91 Å². The number of quaternary nitrogens is 1. The molecule has 6 nitrogen and oxygen atoms in total. The van der Waals surface area contributed by atoms with Crippen LogP contribution in [0.2, 0.25) is 0 Å². The van der Waals surface area contributed by atoms with Gasteiger partial charge in [-0.15, -0.1) is 0 Å². The second-order valence-corrected chi connectivity index (χ2v) is 10.6. The minimum absolute atomic E-state index is 0.212. The predicted octanol–water partition coefficient (Wildman–Crippen LogP) is 1.49. The number of rotatable bonds is 6. The highest BCUT2D eigenvalue weighted by atomic mass is 32.2. The number of hydrogen-bond donors (Lipinski definition) is 1. The largest absolute Gasteiger partial charge is 0.335 e. The first-order valence-electron chi connectivity index (χ1n) is 11.1. The molecule has 0 unspecified atom stereocenters. The number of nitrogens with one attached hydrogen (secondary N) is 1. The molecule has 29 heavy (non-hydrogen) atoms. The van der Waals surface area contributed by atoms with Gasteiger partial charge in [0, 0.05) is 12.6 Å². The number of carbonyl (C=O) groups is 1. The monoisotopic (exact) mass is 422 g/mol. The Morgan fingerprint density at radius 1 is 1.14 bits per heavy atom. The molecule has 0 bridgehead atoms. The van der Waals surface area contributed by atoms with Crippen molar-refractivity contribution in [2.24, 2.45) is 0 Å². The van der Waals surface area contributed by atoms with Crippen molar-refractivity contribution in [2.75, 3.05) is 39.3 Å². The number of carbonyl (C=O) groups excluding carboxylic acids is 1. The summed E-state index contributed by atoms with van der Waals surface area (Å²) in [6, 6.07) is 7.66. The molecule has 0 aliphatic carbocycles. The zero-order valence-electron chi connectivity index (χ0n) is 18.1. The average Bonchev–Trinajstić information content (AvgIpc) is 2.74. The summed E-state index contributed by atoms with van der Waals surface area (Å²) in [4.78, 5) is 16.2. The van der Waals surface area contributed by atoms with Crippen molar-refractivity contribution in [3.05, 3.63) is 29.8 Å². The van der Waals surface area contributed by atoms with E-state index in [0.717, 1.165) is 25.8 Å². The fraction of sp³-hybridized carbons (Fsp3) is 0.682. The van der Waals surface area contributed by atoms with Crippen LogP contribution < -0.4 is 4.90 Å². The van der Waals surface area contributed by atoms with Crippen molar-refractivity contribution in [1.29, 1.82) is 0 Å². The molecular formula is C22H36N3O3S+. The molecule has 7 heteroatoms. The van der Waals surface area contributed by atoms with Crippen LogP contribution in [0.1, 0.15) is 57.9 Å². The average molecular weight is 423 g/mol. The second-order valence-electron chi connectivity index (χ2n) is 8.64. The van der Waals surface area contributed by atoms with Crippen LogP contribution in [0.5, 0.6) is 0 Å². The van der Waals surface area contributed by atoms with E-state index in [9.17, 15) is 13.2 Å². The predicted molar refractivity (Wildman–Crippen MR) is 114 cm³/mol. The highest BCUT2D eigenvalue weighted by Crippen LogP contribution is 2.22. The molecule has 2 aliphatic heterocycles. The van der Waals surface area contributed by atoms with Gasteiger partial charge in [-0.05, 0) is 56.2 Å². The number of amides is 1. The van der Waals surface area contributed by atoms with Crippen molar-refractivity contribution >= 4 is 15.9 Å². The summed E-state index contributed by atoms with van der Waals surface area (Å²) >= 11 is 0. The third-order valence-electron chi connectivity index (χ3n) is 6.65. The fourth-order valence-corrected chi connectivity index (χ4v) is 5.80. The van der Waals surface area contributed by atoms with Crippen molar-refractivity contribution in [3.63, 3.8) is 0 Å². The number of sulfonamides is 1. The van der Waals surface area contributed by atoms with Gasteiger partial charge in [0.05, 0.1) is 31.1 Å². The number of piperidine rings is 1. The van der Waals surface area contributed by atoms with Crippen LogP contribution in [-0.4, -0.2) is 68.8 Å². The lowest BCUT2D eigenvalue weighted by Crippen LogP contribution is -3.15. The molecule has 2 heterocycles. The Balaban J connectivity index is 1.56. The maximum absolute atomic E-state index is 13.0. The van der Waals surface area contributed by atoms with Gasteiger partial charge < -0.3 is 9.80 Å². The molecule has 0 radical (unpaired) electrons. The van der Waals surface area contributed by atoms with Gasteiger partial charge in [0.15, 0.2) is 6.54 Å². The van der Waals surface area contributed by atoms with Crippen molar-refractivity contribution < 1.29 is 18.1 Å². The molecule has 1 N–H and O–H groups in total. The van der Waals surface area contributed by atoms with Crippen LogP contribution in [0, 0.1) is 0 Å². The van der Waals surface area contributed by atoms with Crippen LogP contribution >= 0.6 is 0 Å². The van der Waals surface area contributed by atoms with Crippen molar-refractivity contribution in [1.82, 2.24) is 9.21 Å². The van der Waals surface area contributed by atoms with Crippen LogP contribution in [0.4, 0.5) is 0 Å². The first kappa shape index (κ1) is 22.2. The van der Waals surface area contributed by atoms with Crippen molar-refractivity contribution in [3.8, 4) is 0 Å². The van der Waals surface area contributed by atoms with E-state index in [-0.39, 0.29) is 5.91 Å². The zero-order valence-corrected chi connectivity index (χ0v) is 18.9. The van der Waals surface area contributed by atoms with E-state index in [2.05, 4.69) is 20.8 Å². The smallest absolute Gasteiger partial charge is 0.277 e. The van der Waals surface area contributed by atoms with E-state index in [4.69, 9.17) is 0 Å². The SMILES string of the molecule is CC[C@H](C)c1ccc(S(=O)(=O)N2CC[NH+](CC(=O)N3CCCC[C@@H]3C)CC2)cc1. The minimum Gasteiger partial charge on any atom is -0.335 e. The molecule has 0 spiro atoms. The van der Waals surface area contributed by atoms with Crippen LogP contribution in [0.3, 0.4) is 0 Å². The van der Waals surface area contributed by atoms with Gasteiger partial charge in [-0.3, -0.25) is 4.79 Å². The number of likely N-dealkylation sites (tertiary alicyclic amines) is 1. The lowest BCUT2D eigenvalue weighted by Gasteiger charge is -2.36. The van der Waals surface area contributed by atoms with Gasteiger partial charge in [0.1, 0.15) is 0 Å². The molecule has 2 fully saturated rings. The molecular weight excluding hydrogens is 386 g/mol. The van der Waals surface area contributed by atoms with Crippen LogP contribution in [0.25, 0.3) is 0 Å². The zero-order chi connectivity index (χ0) is 21.0. The number of hydrogen-bond acceptors (Lipinski definition) is 3. The van der Waals surface area contributed by atoms with E-state index in [0.29, 0.717) is 49.6 Å². The summed E-state index contributed by atoms with van der Waals surface area (Å²) in [6.07, 6.45) is 4.41. The third kappa shape index (κ3) is 5.19. The molecule has 1 aromatic rings. The summed E-state index contributed by atoms with van der Waals surface area (Å²) in [6.45, 7) is 10.0. The molecule has 0 aromatic heterocycles. The Morgan fingerprint density at radius 3 is 2.38 bits per heavy atom. The Hall–Kier alpha value is -1.44. The highest BCUT2D eigenvalue weighted by molar-refractivity contribution is 7.89. The Morgan fingerprint density at radius 2 is 1.79 bits per heavy atom. The van der Waals surface area contributed by atoms with E-state index in [1.165, 1.54) is 16.9 Å². The van der Waals surface area contributed by atoms with E-state index >= 15 is 0 Å². The number of nitrogens with zero attached hydrogens (tertiary/aromatic N) is 2. The molecule has 2 aliphatic rings. The maximum atomic E-state index is 13.0. The summed E-state index contributed by atoms with van der Waals surface area (Å²) in [5.41, 5.74) is 1.17. The Kier molecular flexibility index (Phi) is 7.35. The first-order chi connectivity index (χ1) is 13.8. The van der Waals surface area contributed by atoms with Gasteiger partial charge >= 0.3 is 0 Å². The fourth-order valence-electron chi connectivity index (χ4n) is 4.36. The highest BCUT2D eigenvalue weighted by Gasteiger charge is 2.33. The molecule has 2 atom stereocenters. The van der Waals surface area contributed by atoms with E-state index in [1.54, 1.807) is 16.4 Å². The topological polar surface area (TPSA) is 62.1 Å². The maximum Gasteiger partial charge on any atom is 0.277 e. The lowest BCUT2D eigenvalue weighted by atomic mass is 9.99. The summed E-state index contributed by atoms with van der Waals surface area (Å²) in [5, 5.41) is 0. The summed E-state index contributed by atoms with van der Waals surface area (Å²) in [7, 11) is -3.47. The molecule has 1 aromatic carbocycles. The van der Waals surface area contributed by atoms with E-state index < -0.39 is 10.0 Å². The van der Waals surface area contributed by atoms with Gasteiger partial charge in [-0.25, -0.2) is 8.42 Å². The Labute approximate surface area is 175 Å². The molecule has 162 valence electrons. The Bertz CT molecular complexity index is 786. The van der Waals surface area contributed by atoms with Crippen LogP contribution in [0.15, 0.2) is 29.2 Å². The lowest BCUT2D eigenvalue weighted by molar-refractivity contribution is -0.896. The van der Waals surface area contributed by atoms with Gasteiger partial charge in [-0.2, -0.15) is 4.31 Å². The summed E-state index contributed by atoms with van der Waals surface area (Å²) in [5.74, 6) is 0.642. The molecule has 3 rings (SSSR count). The second kappa shape index (κ2) is 9.58. The molecule has 0 saturated carbocycles. The standard InChI is InChI=1S/C22H35N3O3S/c1-4-18(2)20-8-10-21(11-9-20)29(27,28)24-15-13-23(14-16-24)17-22(26)25-12-6-5-7-19(25)3/h8-11,18-19H,4-7,12-17H2,1-3H3/p+1/t18-,19-/m0/s1. The van der Waals surface area contributed by atoms with Gasteiger partial charge in [0.2, 0.25) is 10.0 Å². The summed E-state index contributed by atoms with van der Waals surface area (Å²) < 4.78 is 27.6. The van der Waals surface area contributed by atoms with Crippen molar-refractivity contribution in [2.45, 2.75) is 63.3 Å². The first-order valence-corrected chi connectivity index (χ1v) is 12.5.